The molecule has 5 heteroatoms. The van der Waals surface area contributed by atoms with E-state index in [1.54, 1.807) is 12.3 Å². The molecule has 1 aliphatic heterocycles. The maximum atomic E-state index is 11.3. The van der Waals surface area contributed by atoms with Gasteiger partial charge in [-0.25, -0.2) is 9.97 Å². The van der Waals surface area contributed by atoms with Crippen LogP contribution < -0.4 is 10.6 Å². The highest BCUT2D eigenvalue weighted by Gasteiger charge is 2.27. The van der Waals surface area contributed by atoms with Crippen molar-refractivity contribution in [3.8, 4) is 0 Å². The second-order valence-corrected chi connectivity index (χ2v) is 3.49. The summed E-state index contributed by atoms with van der Waals surface area (Å²) in [5.41, 5.74) is 5.35. The molecule has 2 N–H and O–H groups in total. The first-order valence-electron chi connectivity index (χ1n) is 4.92. The molecule has 1 atom stereocenters. The molecule has 0 aliphatic carbocycles. The van der Waals surface area contributed by atoms with Crippen LogP contribution in [0.1, 0.15) is 12.8 Å². The van der Waals surface area contributed by atoms with Crippen molar-refractivity contribution in [3.63, 3.8) is 0 Å². The van der Waals surface area contributed by atoms with E-state index < -0.39 is 0 Å². The van der Waals surface area contributed by atoms with Crippen LogP contribution in [0.25, 0.3) is 0 Å². The first-order chi connectivity index (χ1) is 7.29. The number of nitrogens with two attached hydrogens (primary N) is 1. The summed E-state index contributed by atoms with van der Waals surface area (Å²) >= 11 is 0. The lowest BCUT2D eigenvalue weighted by Crippen LogP contribution is -2.48. The molecule has 1 aliphatic rings. The number of carbonyl (C=O) groups is 1. The average Bonchev–Trinajstić information content (AvgIpc) is 2.30. The predicted octanol–water partition coefficient (Wildman–Crippen LogP) is 0.135. The fourth-order valence-electron chi connectivity index (χ4n) is 1.79. The van der Waals surface area contributed by atoms with Crippen molar-refractivity contribution in [2.24, 2.45) is 5.73 Å². The van der Waals surface area contributed by atoms with E-state index in [2.05, 4.69) is 16.4 Å². The molecule has 0 saturated carbocycles. The van der Waals surface area contributed by atoms with Crippen LogP contribution in [-0.2, 0) is 4.79 Å². The van der Waals surface area contributed by atoms with Crippen LogP contribution in [0.5, 0.6) is 0 Å². The standard InChI is InChI=1S/C10H13N4O/c11-10(15)8-3-1-2-6-14(8)9-4-5-12-7-13-9/h1,4-5,7-8H,2-3,6H2,(H2,11,15). The monoisotopic (exact) mass is 205 g/mol. The van der Waals surface area contributed by atoms with E-state index in [0.29, 0.717) is 6.42 Å². The van der Waals surface area contributed by atoms with E-state index in [1.165, 1.54) is 6.33 Å². The van der Waals surface area contributed by atoms with Crippen molar-refractivity contribution < 1.29 is 4.79 Å². The molecular weight excluding hydrogens is 192 g/mol. The highest BCUT2D eigenvalue weighted by Crippen LogP contribution is 2.21. The molecule has 1 aromatic rings. The molecular formula is C10H13N4O. The lowest BCUT2D eigenvalue weighted by atomic mass is 10.0. The minimum Gasteiger partial charge on any atom is -0.368 e. The number of primary amides is 1. The molecule has 1 fully saturated rings. The summed E-state index contributed by atoms with van der Waals surface area (Å²) < 4.78 is 0. The number of nitrogens with zero attached hydrogens (tertiary/aromatic N) is 3. The third kappa shape index (κ3) is 2.06. The van der Waals surface area contributed by atoms with Gasteiger partial charge in [0.05, 0.1) is 0 Å². The molecule has 1 radical (unpaired) electrons. The van der Waals surface area contributed by atoms with Crippen molar-refractivity contribution in [1.29, 1.82) is 0 Å². The summed E-state index contributed by atoms with van der Waals surface area (Å²) in [6, 6.07) is 1.52. The van der Waals surface area contributed by atoms with Gasteiger partial charge in [-0.1, -0.05) is 0 Å². The number of rotatable bonds is 2. The van der Waals surface area contributed by atoms with E-state index in [4.69, 9.17) is 5.73 Å². The van der Waals surface area contributed by atoms with Crippen LogP contribution in [0, 0.1) is 6.42 Å². The third-order valence-corrected chi connectivity index (χ3v) is 2.53. The number of piperidine rings is 1. The molecule has 2 rings (SSSR count). The minimum absolute atomic E-state index is 0.270. The lowest BCUT2D eigenvalue weighted by molar-refractivity contribution is -0.119. The van der Waals surface area contributed by atoms with Crippen molar-refractivity contribution in [2.45, 2.75) is 18.9 Å². The first-order valence-corrected chi connectivity index (χ1v) is 4.92. The van der Waals surface area contributed by atoms with Crippen molar-refractivity contribution >= 4 is 11.7 Å². The van der Waals surface area contributed by atoms with Crippen LogP contribution in [-0.4, -0.2) is 28.5 Å². The van der Waals surface area contributed by atoms with Crippen molar-refractivity contribution in [2.75, 3.05) is 11.4 Å². The molecule has 79 valence electrons. The zero-order valence-corrected chi connectivity index (χ0v) is 8.34. The van der Waals surface area contributed by atoms with Gasteiger partial charge in [0.15, 0.2) is 0 Å². The van der Waals surface area contributed by atoms with Crippen molar-refractivity contribution in [1.82, 2.24) is 9.97 Å². The Hall–Kier alpha value is -1.65. The van der Waals surface area contributed by atoms with Crippen LogP contribution in [0.4, 0.5) is 5.82 Å². The highest BCUT2D eigenvalue weighted by molar-refractivity contribution is 5.83. The molecule has 1 amide bonds. The molecule has 0 aromatic carbocycles. The highest BCUT2D eigenvalue weighted by atomic mass is 16.1. The summed E-state index contributed by atoms with van der Waals surface area (Å²) in [4.78, 5) is 21.2. The molecule has 2 heterocycles. The number of carbonyl (C=O) groups excluding carboxylic acids is 1. The SMILES string of the molecule is NC(=O)C1C[CH]CCN1c1ccncn1. The Bertz CT molecular complexity index is 341. The number of hydrogen-bond acceptors (Lipinski definition) is 4. The predicted molar refractivity (Wildman–Crippen MR) is 55.9 cm³/mol. The van der Waals surface area contributed by atoms with Gasteiger partial charge in [-0.15, -0.1) is 0 Å². The molecule has 1 aromatic heterocycles. The second kappa shape index (κ2) is 4.25. The molecule has 1 saturated heterocycles. The van der Waals surface area contributed by atoms with E-state index in [1.807, 2.05) is 4.90 Å². The average molecular weight is 205 g/mol. The lowest BCUT2D eigenvalue weighted by Gasteiger charge is -2.34. The van der Waals surface area contributed by atoms with Crippen molar-refractivity contribution in [3.05, 3.63) is 25.0 Å². The second-order valence-electron chi connectivity index (χ2n) is 3.49. The molecule has 1 unspecified atom stereocenters. The van der Waals surface area contributed by atoms with Gasteiger partial charge in [0, 0.05) is 12.7 Å². The molecule has 5 nitrogen and oxygen atoms in total. The zero-order valence-electron chi connectivity index (χ0n) is 8.34. The van der Waals surface area contributed by atoms with Gasteiger partial charge in [-0.05, 0) is 25.3 Å². The van der Waals surface area contributed by atoms with E-state index in [0.717, 1.165) is 18.8 Å². The minimum atomic E-state index is -0.301. The van der Waals surface area contributed by atoms with Gasteiger partial charge in [-0.2, -0.15) is 0 Å². The Kier molecular flexibility index (Phi) is 2.80. The van der Waals surface area contributed by atoms with Gasteiger partial charge in [0.2, 0.25) is 5.91 Å². The third-order valence-electron chi connectivity index (χ3n) is 2.53. The van der Waals surface area contributed by atoms with Gasteiger partial charge in [0.1, 0.15) is 18.2 Å². The quantitative estimate of drug-likeness (QED) is 0.745. The van der Waals surface area contributed by atoms with Crippen LogP contribution >= 0.6 is 0 Å². The maximum absolute atomic E-state index is 11.3. The first kappa shape index (κ1) is 9.89. The summed E-state index contributed by atoms with van der Waals surface area (Å²) in [6.07, 6.45) is 6.88. The van der Waals surface area contributed by atoms with Gasteiger partial charge < -0.3 is 10.6 Å². The van der Waals surface area contributed by atoms with E-state index >= 15 is 0 Å². The molecule has 0 bridgehead atoms. The Morgan fingerprint density at radius 1 is 1.60 bits per heavy atom. The summed E-state index contributed by atoms with van der Waals surface area (Å²) in [5.74, 6) is 0.464. The van der Waals surface area contributed by atoms with E-state index in [-0.39, 0.29) is 11.9 Å². The van der Waals surface area contributed by atoms with Gasteiger partial charge >= 0.3 is 0 Å². The number of hydrogen-bond donors (Lipinski definition) is 1. The molecule has 0 spiro atoms. The van der Waals surface area contributed by atoms with E-state index in [9.17, 15) is 4.79 Å². The van der Waals surface area contributed by atoms with Gasteiger partial charge in [-0.3, -0.25) is 4.79 Å². The molecule has 15 heavy (non-hydrogen) atoms. The zero-order chi connectivity index (χ0) is 10.7. The Morgan fingerprint density at radius 3 is 3.13 bits per heavy atom. The summed E-state index contributed by atoms with van der Waals surface area (Å²) in [7, 11) is 0. The van der Waals surface area contributed by atoms with Crippen LogP contribution in [0.3, 0.4) is 0 Å². The Morgan fingerprint density at radius 2 is 2.47 bits per heavy atom. The maximum Gasteiger partial charge on any atom is 0.240 e. The Balaban J connectivity index is 2.22. The fraction of sp³-hybridized carbons (Fsp3) is 0.400. The summed E-state index contributed by atoms with van der Waals surface area (Å²) in [6.45, 7) is 0.782. The number of aromatic nitrogens is 2. The largest absolute Gasteiger partial charge is 0.368 e. The Labute approximate surface area is 88.3 Å². The van der Waals surface area contributed by atoms with Gasteiger partial charge in [0.25, 0.3) is 0 Å². The number of anilines is 1. The smallest absolute Gasteiger partial charge is 0.240 e. The topological polar surface area (TPSA) is 72.1 Å². The normalized spacial score (nSPS) is 21.3. The number of amides is 1. The van der Waals surface area contributed by atoms with Crippen LogP contribution in [0.2, 0.25) is 0 Å². The fourth-order valence-corrected chi connectivity index (χ4v) is 1.79. The summed E-state index contributed by atoms with van der Waals surface area (Å²) in [5, 5.41) is 0. The van der Waals surface area contributed by atoms with Crippen LogP contribution in [0.15, 0.2) is 18.6 Å².